The molecule has 1 heteroatoms. The van der Waals surface area contributed by atoms with Gasteiger partial charge in [-0.15, -0.1) is 0 Å². The van der Waals surface area contributed by atoms with Gasteiger partial charge in [-0.2, -0.15) is 0 Å². The summed E-state index contributed by atoms with van der Waals surface area (Å²) in [4.78, 5) is 0. The maximum atomic E-state index is 3.63. The van der Waals surface area contributed by atoms with Gasteiger partial charge in [-0.3, -0.25) is 0 Å². The molecule has 1 nitrogen and oxygen atoms in total. The van der Waals surface area contributed by atoms with E-state index in [1.165, 1.54) is 32.1 Å². The summed E-state index contributed by atoms with van der Waals surface area (Å²) in [6.45, 7) is 10.4. The van der Waals surface area contributed by atoms with E-state index in [9.17, 15) is 0 Å². The molecule has 1 aliphatic carbocycles. The number of rotatable bonds is 6. The maximum Gasteiger partial charge on any atom is 0.00697 e. The first kappa shape index (κ1) is 12.0. The van der Waals surface area contributed by atoms with Crippen molar-refractivity contribution in [1.82, 2.24) is 5.32 Å². The van der Waals surface area contributed by atoms with Crippen LogP contribution in [0.3, 0.4) is 0 Å². The molecule has 1 rings (SSSR count). The zero-order valence-corrected chi connectivity index (χ0v) is 10.4. The van der Waals surface area contributed by atoms with Crippen molar-refractivity contribution in [3.8, 4) is 0 Å². The quantitative estimate of drug-likeness (QED) is 0.686. The van der Waals surface area contributed by atoms with Crippen molar-refractivity contribution in [1.29, 1.82) is 0 Å². The third kappa shape index (κ3) is 5.64. The Balaban J connectivity index is 2.19. The summed E-state index contributed by atoms with van der Waals surface area (Å²) in [5.41, 5.74) is 0.497. The summed E-state index contributed by atoms with van der Waals surface area (Å²) in [5, 5.41) is 3.63. The van der Waals surface area contributed by atoms with Crippen LogP contribution in [-0.4, -0.2) is 12.6 Å². The van der Waals surface area contributed by atoms with Gasteiger partial charge >= 0.3 is 0 Å². The van der Waals surface area contributed by atoms with E-state index in [-0.39, 0.29) is 0 Å². The molecule has 0 bridgehead atoms. The van der Waals surface area contributed by atoms with Crippen LogP contribution in [0.1, 0.15) is 59.8 Å². The monoisotopic (exact) mass is 197 g/mol. The Hall–Kier alpha value is -0.0400. The van der Waals surface area contributed by atoms with Gasteiger partial charge in [0.15, 0.2) is 0 Å². The lowest BCUT2D eigenvalue weighted by atomic mass is 9.87. The summed E-state index contributed by atoms with van der Waals surface area (Å²) in [7, 11) is 0. The van der Waals surface area contributed by atoms with E-state index < -0.39 is 0 Å². The Morgan fingerprint density at radius 1 is 1.29 bits per heavy atom. The molecule has 0 radical (unpaired) electrons. The average Bonchev–Trinajstić information content (AvgIpc) is 2.83. The molecule has 1 aliphatic rings. The van der Waals surface area contributed by atoms with Gasteiger partial charge in [-0.05, 0) is 37.1 Å². The molecular weight excluding hydrogens is 170 g/mol. The first-order valence-electron chi connectivity index (χ1n) is 6.24. The van der Waals surface area contributed by atoms with Gasteiger partial charge in [0, 0.05) is 6.04 Å². The minimum absolute atomic E-state index is 0.497. The molecule has 84 valence electrons. The van der Waals surface area contributed by atoms with Gasteiger partial charge in [0.05, 0.1) is 0 Å². The molecule has 0 aromatic carbocycles. The Kier molecular flexibility index (Phi) is 4.43. The molecule has 0 amide bonds. The van der Waals surface area contributed by atoms with Crippen LogP contribution < -0.4 is 5.32 Å². The van der Waals surface area contributed by atoms with Crippen molar-refractivity contribution in [2.75, 3.05) is 6.54 Å². The van der Waals surface area contributed by atoms with Crippen molar-refractivity contribution < 1.29 is 0 Å². The van der Waals surface area contributed by atoms with Crippen molar-refractivity contribution in [2.45, 2.75) is 65.8 Å². The summed E-state index contributed by atoms with van der Waals surface area (Å²) in [5.74, 6) is 1.05. The van der Waals surface area contributed by atoms with E-state index in [1.807, 2.05) is 0 Å². The SMILES string of the molecule is CCNC(CCC(C)(C)C)CC1CC1. The normalized spacial score (nSPS) is 19.7. The second-order valence-electron chi connectivity index (χ2n) is 6.03. The molecule has 0 aromatic heterocycles. The lowest BCUT2D eigenvalue weighted by Gasteiger charge is -2.23. The minimum Gasteiger partial charge on any atom is -0.314 e. The number of nitrogens with one attached hydrogen (secondary N) is 1. The molecule has 1 fully saturated rings. The fourth-order valence-corrected chi connectivity index (χ4v) is 1.96. The van der Waals surface area contributed by atoms with Gasteiger partial charge in [-0.1, -0.05) is 40.5 Å². The Morgan fingerprint density at radius 3 is 2.36 bits per heavy atom. The van der Waals surface area contributed by atoms with Crippen LogP contribution in [0.25, 0.3) is 0 Å². The molecule has 0 heterocycles. The number of hydrogen-bond donors (Lipinski definition) is 1. The standard InChI is InChI=1S/C13H27N/c1-5-14-12(10-11-6-7-11)8-9-13(2,3)4/h11-12,14H,5-10H2,1-4H3. The first-order chi connectivity index (χ1) is 6.51. The van der Waals surface area contributed by atoms with E-state index in [4.69, 9.17) is 0 Å². The van der Waals surface area contributed by atoms with Crippen LogP contribution in [0.4, 0.5) is 0 Å². The first-order valence-corrected chi connectivity index (χ1v) is 6.24. The lowest BCUT2D eigenvalue weighted by molar-refractivity contribution is 0.319. The average molecular weight is 197 g/mol. The van der Waals surface area contributed by atoms with E-state index in [0.717, 1.165) is 18.5 Å². The van der Waals surface area contributed by atoms with Crippen LogP contribution in [-0.2, 0) is 0 Å². The van der Waals surface area contributed by atoms with Crippen LogP contribution in [0, 0.1) is 11.3 Å². The topological polar surface area (TPSA) is 12.0 Å². The number of hydrogen-bond acceptors (Lipinski definition) is 1. The Morgan fingerprint density at radius 2 is 1.93 bits per heavy atom. The zero-order chi connectivity index (χ0) is 10.6. The summed E-state index contributed by atoms with van der Waals surface area (Å²) < 4.78 is 0. The molecule has 1 N–H and O–H groups in total. The largest absolute Gasteiger partial charge is 0.314 e. The molecule has 0 aliphatic heterocycles. The third-order valence-corrected chi connectivity index (χ3v) is 3.05. The second-order valence-corrected chi connectivity index (χ2v) is 6.03. The van der Waals surface area contributed by atoms with Crippen LogP contribution in [0.15, 0.2) is 0 Å². The molecule has 1 unspecified atom stereocenters. The van der Waals surface area contributed by atoms with E-state index in [2.05, 4.69) is 33.0 Å². The van der Waals surface area contributed by atoms with Gasteiger partial charge in [0.1, 0.15) is 0 Å². The van der Waals surface area contributed by atoms with Gasteiger partial charge < -0.3 is 5.32 Å². The van der Waals surface area contributed by atoms with E-state index in [0.29, 0.717) is 5.41 Å². The predicted octanol–water partition coefficient (Wildman–Crippen LogP) is 3.59. The molecular formula is C13H27N. The van der Waals surface area contributed by atoms with Crippen molar-refractivity contribution in [3.05, 3.63) is 0 Å². The Labute approximate surface area is 89.7 Å². The third-order valence-electron chi connectivity index (χ3n) is 3.05. The van der Waals surface area contributed by atoms with Crippen LogP contribution >= 0.6 is 0 Å². The van der Waals surface area contributed by atoms with Crippen molar-refractivity contribution >= 4 is 0 Å². The van der Waals surface area contributed by atoms with Gasteiger partial charge in [0.2, 0.25) is 0 Å². The van der Waals surface area contributed by atoms with Crippen LogP contribution in [0.2, 0.25) is 0 Å². The fourth-order valence-electron chi connectivity index (χ4n) is 1.96. The predicted molar refractivity (Wildman–Crippen MR) is 63.5 cm³/mol. The second kappa shape index (κ2) is 5.16. The molecule has 0 aromatic rings. The summed E-state index contributed by atoms with van der Waals surface area (Å²) >= 11 is 0. The zero-order valence-electron chi connectivity index (χ0n) is 10.4. The maximum absolute atomic E-state index is 3.63. The molecule has 0 saturated heterocycles. The highest BCUT2D eigenvalue weighted by atomic mass is 14.9. The summed E-state index contributed by atoms with van der Waals surface area (Å²) in [6.07, 6.45) is 7.09. The van der Waals surface area contributed by atoms with E-state index in [1.54, 1.807) is 0 Å². The molecule has 1 atom stereocenters. The van der Waals surface area contributed by atoms with Gasteiger partial charge in [-0.25, -0.2) is 0 Å². The van der Waals surface area contributed by atoms with Crippen molar-refractivity contribution in [2.24, 2.45) is 11.3 Å². The van der Waals surface area contributed by atoms with Gasteiger partial charge in [0.25, 0.3) is 0 Å². The van der Waals surface area contributed by atoms with Crippen molar-refractivity contribution in [3.63, 3.8) is 0 Å². The Bertz CT molecular complexity index is 153. The van der Waals surface area contributed by atoms with E-state index >= 15 is 0 Å². The lowest BCUT2D eigenvalue weighted by Crippen LogP contribution is -2.30. The highest BCUT2D eigenvalue weighted by Gasteiger charge is 2.25. The minimum atomic E-state index is 0.497. The molecule has 1 saturated carbocycles. The highest BCUT2D eigenvalue weighted by Crippen LogP contribution is 2.35. The molecule has 0 spiro atoms. The highest BCUT2D eigenvalue weighted by molar-refractivity contribution is 4.81. The van der Waals surface area contributed by atoms with Crippen LogP contribution in [0.5, 0.6) is 0 Å². The fraction of sp³-hybridized carbons (Fsp3) is 1.00. The summed E-state index contributed by atoms with van der Waals surface area (Å²) in [6, 6.07) is 0.784. The molecule has 14 heavy (non-hydrogen) atoms. The smallest absolute Gasteiger partial charge is 0.00697 e.